The molecule has 0 radical (unpaired) electrons. The first kappa shape index (κ1) is 18.2. The third kappa shape index (κ3) is 4.16. The van der Waals surface area contributed by atoms with E-state index in [-0.39, 0.29) is 11.8 Å². The molecule has 1 saturated carbocycles. The van der Waals surface area contributed by atoms with Crippen molar-refractivity contribution in [1.82, 2.24) is 4.90 Å². The van der Waals surface area contributed by atoms with Crippen LogP contribution in [-0.4, -0.2) is 43.6 Å². The van der Waals surface area contributed by atoms with Gasteiger partial charge in [-0.2, -0.15) is 5.26 Å². The molecule has 138 valence electrons. The molecule has 1 aliphatic heterocycles. The largest absolute Gasteiger partial charge is 0.493 e. The molecule has 1 saturated heterocycles. The van der Waals surface area contributed by atoms with Crippen LogP contribution in [0.1, 0.15) is 52.8 Å². The normalized spacial score (nSPS) is 20.0. The van der Waals surface area contributed by atoms with E-state index in [9.17, 15) is 9.59 Å². The van der Waals surface area contributed by atoms with E-state index in [1.165, 1.54) is 13.5 Å². The molecule has 1 unspecified atom stereocenters. The second-order valence-corrected chi connectivity index (χ2v) is 7.06. The van der Waals surface area contributed by atoms with Gasteiger partial charge in [0.25, 0.3) is 5.91 Å². The Balaban J connectivity index is 1.80. The molecule has 6 nitrogen and oxygen atoms in total. The van der Waals surface area contributed by atoms with Gasteiger partial charge in [-0.25, -0.2) is 4.79 Å². The molecule has 3 rings (SSSR count). The predicted molar refractivity (Wildman–Crippen MR) is 94.9 cm³/mol. The van der Waals surface area contributed by atoms with Crippen molar-refractivity contribution in [2.24, 2.45) is 11.8 Å². The Kier molecular flexibility index (Phi) is 5.77. The van der Waals surface area contributed by atoms with Gasteiger partial charge in [-0.15, -0.1) is 0 Å². The second-order valence-electron chi connectivity index (χ2n) is 7.06. The fraction of sp³-hybridized carbons (Fsp3) is 0.550. The van der Waals surface area contributed by atoms with Crippen molar-refractivity contribution in [2.75, 3.05) is 26.8 Å². The van der Waals surface area contributed by atoms with Crippen molar-refractivity contribution in [2.45, 2.75) is 32.1 Å². The highest BCUT2D eigenvalue weighted by Gasteiger charge is 2.26. The average Bonchev–Trinajstić information content (AvgIpc) is 2.65. The molecule has 1 aliphatic carbocycles. The number of esters is 1. The lowest BCUT2D eigenvalue weighted by molar-refractivity contribution is 0.0600. The van der Waals surface area contributed by atoms with Crippen LogP contribution >= 0.6 is 0 Å². The number of amides is 1. The molecule has 6 heteroatoms. The molecular weight excluding hydrogens is 332 g/mol. The first-order chi connectivity index (χ1) is 12.6. The Labute approximate surface area is 153 Å². The van der Waals surface area contributed by atoms with Gasteiger partial charge in [0.05, 0.1) is 31.3 Å². The molecule has 1 aromatic carbocycles. The maximum Gasteiger partial charge on any atom is 0.338 e. The summed E-state index contributed by atoms with van der Waals surface area (Å²) in [5, 5.41) is 9.14. The summed E-state index contributed by atoms with van der Waals surface area (Å²) in [5.74, 6) is 0.253. The number of nitrogens with zero attached hydrogens (tertiary/aromatic N) is 2. The number of piperidine rings is 1. The summed E-state index contributed by atoms with van der Waals surface area (Å²) in [7, 11) is 1.31. The van der Waals surface area contributed by atoms with Crippen LogP contribution in [0.5, 0.6) is 5.75 Å². The Hall–Kier alpha value is -2.55. The fourth-order valence-electron chi connectivity index (χ4n) is 3.36. The topological polar surface area (TPSA) is 79.6 Å². The average molecular weight is 356 g/mol. The molecule has 0 bridgehead atoms. The Bertz CT molecular complexity index is 721. The van der Waals surface area contributed by atoms with Crippen molar-refractivity contribution < 1.29 is 19.1 Å². The van der Waals surface area contributed by atoms with Gasteiger partial charge in [-0.05, 0) is 49.8 Å². The van der Waals surface area contributed by atoms with E-state index < -0.39 is 5.97 Å². The minimum Gasteiger partial charge on any atom is -0.493 e. The molecule has 1 amide bonds. The third-order valence-electron chi connectivity index (χ3n) is 5.18. The summed E-state index contributed by atoms with van der Waals surface area (Å²) < 4.78 is 10.6. The molecule has 0 N–H and O–H groups in total. The van der Waals surface area contributed by atoms with Crippen LogP contribution in [0.3, 0.4) is 0 Å². The van der Waals surface area contributed by atoms with Gasteiger partial charge in [-0.1, -0.05) is 6.42 Å². The first-order valence-corrected chi connectivity index (χ1v) is 9.16. The SMILES string of the molecule is COC(=O)c1cc(OCC2CCC2)cc(C(=O)N2CCCC(C#N)C2)c1. The predicted octanol–water partition coefficient (Wildman–Crippen LogP) is 3.03. The van der Waals surface area contributed by atoms with E-state index in [0.717, 1.165) is 25.7 Å². The summed E-state index contributed by atoms with van der Waals surface area (Å²) in [5.41, 5.74) is 0.700. The van der Waals surface area contributed by atoms with Crippen molar-refractivity contribution in [3.05, 3.63) is 29.3 Å². The highest BCUT2D eigenvalue weighted by Crippen LogP contribution is 2.28. The highest BCUT2D eigenvalue weighted by atomic mass is 16.5. The van der Waals surface area contributed by atoms with Gasteiger partial charge in [0, 0.05) is 18.7 Å². The molecule has 1 heterocycles. The van der Waals surface area contributed by atoms with E-state index in [4.69, 9.17) is 14.7 Å². The minimum atomic E-state index is -0.498. The quantitative estimate of drug-likeness (QED) is 0.758. The van der Waals surface area contributed by atoms with Crippen LogP contribution in [0.4, 0.5) is 0 Å². The maximum atomic E-state index is 12.9. The number of likely N-dealkylation sites (tertiary alicyclic amines) is 1. The zero-order chi connectivity index (χ0) is 18.5. The van der Waals surface area contributed by atoms with Gasteiger partial charge < -0.3 is 14.4 Å². The van der Waals surface area contributed by atoms with Crippen LogP contribution in [0.15, 0.2) is 18.2 Å². The summed E-state index contributed by atoms with van der Waals surface area (Å²) in [6.07, 6.45) is 5.18. The van der Waals surface area contributed by atoms with Crippen LogP contribution in [0, 0.1) is 23.2 Å². The van der Waals surface area contributed by atoms with E-state index in [1.54, 1.807) is 23.1 Å². The third-order valence-corrected chi connectivity index (χ3v) is 5.18. The van der Waals surface area contributed by atoms with Crippen LogP contribution in [-0.2, 0) is 4.74 Å². The number of carbonyl (C=O) groups excluding carboxylic acids is 2. The molecule has 0 spiro atoms. The summed E-state index contributed by atoms with van der Waals surface area (Å²) in [6, 6.07) is 7.09. The van der Waals surface area contributed by atoms with Crippen LogP contribution in [0.2, 0.25) is 0 Å². The van der Waals surface area contributed by atoms with Gasteiger partial charge in [-0.3, -0.25) is 4.79 Å². The molecule has 26 heavy (non-hydrogen) atoms. The smallest absolute Gasteiger partial charge is 0.338 e. The summed E-state index contributed by atoms with van der Waals surface area (Å²) >= 11 is 0. The van der Waals surface area contributed by atoms with E-state index in [0.29, 0.717) is 42.5 Å². The standard InChI is InChI=1S/C20H24N2O4/c1-25-20(24)17-8-16(9-18(10-17)26-13-14-4-2-5-14)19(23)22-7-3-6-15(11-21)12-22/h8-10,14-15H,2-7,12-13H2,1H3. The number of hydrogen-bond donors (Lipinski definition) is 0. The van der Waals surface area contributed by atoms with Crippen molar-refractivity contribution in [3.8, 4) is 11.8 Å². The van der Waals surface area contributed by atoms with Crippen LogP contribution in [0.25, 0.3) is 0 Å². The fourth-order valence-corrected chi connectivity index (χ4v) is 3.36. The van der Waals surface area contributed by atoms with Crippen LogP contribution < -0.4 is 4.74 Å². The van der Waals surface area contributed by atoms with Crippen molar-refractivity contribution in [1.29, 1.82) is 5.26 Å². The molecule has 1 aromatic rings. The summed E-state index contributed by atoms with van der Waals surface area (Å²) in [6.45, 7) is 1.65. The number of benzene rings is 1. The lowest BCUT2D eigenvalue weighted by atomic mass is 9.86. The monoisotopic (exact) mass is 356 g/mol. The van der Waals surface area contributed by atoms with Gasteiger partial charge in [0.1, 0.15) is 5.75 Å². The summed E-state index contributed by atoms with van der Waals surface area (Å²) in [4.78, 5) is 26.5. The molecule has 1 atom stereocenters. The Morgan fingerprint density at radius 1 is 1.19 bits per heavy atom. The number of hydrogen-bond acceptors (Lipinski definition) is 5. The number of carbonyl (C=O) groups is 2. The first-order valence-electron chi connectivity index (χ1n) is 9.16. The highest BCUT2D eigenvalue weighted by molar-refractivity contribution is 5.98. The van der Waals surface area contributed by atoms with E-state index >= 15 is 0 Å². The van der Waals surface area contributed by atoms with E-state index in [1.807, 2.05) is 0 Å². The number of nitriles is 1. The Morgan fingerprint density at radius 2 is 1.96 bits per heavy atom. The van der Waals surface area contributed by atoms with Crippen molar-refractivity contribution >= 4 is 11.9 Å². The molecule has 2 aliphatic rings. The molecule has 0 aromatic heterocycles. The lowest BCUT2D eigenvalue weighted by Gasteiger charge is -2.30. The molecular formula is C20H24N2O4. The lowest BCUT2D eigenvalue weighted by Crippen LogP contribution is -2.39. The second kappa shape index (κ2) is 8.22. The molecule has 2 fully saturated rings. The Morgan fingerprint density at radius 3 is 2.62 bits per heavy atom. The number of ether oxygens (including phenoxy) is 2. The van der Waals surface area contributed by atoms with Crippen molar-refractivity contribution in [3.63, 3.8) is 0 Å². The number of methoxy groups -OCH3 is 1. The minimum absolute atomic E-state index is 0.133. The maximum absolute atomic E-state index is 12.9. The van der Waals surface area contributed by atoms with Gasteiger partial charge in [0.15, 0.2) is 0 Å². The van der Waals surface area contributed by atoms with Gasteiger partial charge >= 0.3 is 5.97 Å². The van der Waals surface area contributed by atoms with Gasteiger partial charge in [0.2, 0.25) is 0 Å². The number of rotatable bonds is 5. The zero-order valence-electron chi connectivity index (χ0n) is 15.1. The zero-order valence-corrected chi connectivity index (χ0v) is 15.1. The van der Waals surface area contributed by atoms with E-state index in [2.05, 4.69) is 6.07 Å².